The van der Waals surface area contributed by atoms with Gasteiger partial charge in [-0.1, -0.05) is 0 Å². The maximum Gasteiger partial charge on any atom is 0.311 e. The number of hydrogen-bond acceptors (Lipinski definition) is 4. The van der Waals surface area contributed by atoms with Crippen molar-refractivity contribution in [2.45, 2.75) is 12.8 Å². The Hall–Kier alpha value is -2.20. The first kappa shape index (κ1) is 15.2. The van der Waals surface area contributed by atoms with Crippen LogP contribution in [0.2, 0.25) is 0 Å². The van der Waals surface area contributed by atoms with Crippen molar-refractivity contribution < 1.29 is 23.4 Å². The van der Waals surface area contributed by atoms with Crippen molar-refractivity contribution in [3.63, 3.8) is 0 Å². The number of carboxylic acids is 1. The van der Waals surface area contributed by atoms with Gasteiger partial charge in [0.2, 0.25) is 0 Å². The van der Waals surface area contributed by atoms with Crippen LogP contribution in [0.15, 0.2) is 12.1 Å². The van der Waals surface area contributed by atoms with Gasteiger partial charge in [-0.25, -0.2) is 8.78 Å². The molecule has 21 heavy (non-hydrogen) atoms. The molecule has 1 fully saturated rings. The second-order valence-corrected chi connectivity index (χ2v) is 4.98. The third-order valence-electron chi connectivity index (χ3n) is 3.68. The van der Waals surface area contributed by atoms with Crippen molar-refractivity contribution in [3.8, 4) is 6.07 Å². The highest BCUT2D eigenvalue weighted by Crippen LogP contribution is 2.32. The number of aliphatic carboxylic acids is 1. The molecule has 1 saturated heterocycles. The van der Waals surface area contributed by atoms with Crippen LogP contribution in [-0.2, 0) is 9.53 Å². The summed E-state index contributed by atoms with van der Waals surface area (Å²) in [6, 6.07) is 3.46. The van der Waals surface area contributed by atoms with E-state index in [1.54, 1.807) is 6.07 Å². The fraction of sp³-hybridized carbons (Fsp3) is 0.429. The fourth-order valence-electron chi connectivity index (χ4n) is 2.29. The summed E-state index contributed by atoms with van der Waals surface area (Å²) < 4.78 is 32.6. The zero-order valence-electron chi connectivity index (χ0n) is 11.2. The van der Waals surface area contributed by atoms with Crippen LogP contribution in [0, 0.1) is 28.4 Å². The lowest BCUT2D eigenvalue weighted by Crippen LogP contribution is -2.42. The van der Waals surface area contributed by atoms with E-state index in [1.165, 1.54) is 0 Å². The van der Waals surface area contributed by atoms with Gasteiger partial charge >= 0.3 is 5.97 Å². The van der Waals surface area contributed by atoms with E-state index in [-0.39, 0.29) is 24.9 Å². The van der Waals surface area contributed by atoms with Crippen molar-refractivity contribution >= 4 is 11.7 Å². The van der Waals surface area contributed by atoms with Crippen LogP contribution in [0.25, 0.3) is 0 Å². The SMILES string of the molecule is N#Cc1cc(F)c(NCC2(C(=O)O)CCOCC2)c(F)c1. The molecule has 0 amide bonds. The Labute approximate surface area is 120 Å². The predicted molar refractivity (Wildman–Crippen MR) is 69.7 cm³/mol. The van der Waals surface area contributed by atoms with Gasteiger partial charge in [0.15, 0.2) is 11.6 Å². The topological polar surface area (TPSA) is 82.4 Å². The molecule has 0 radical (unpaired) electrons. The van der Waals surface area contributed by atoms with Crippen LogP contribution in [-0.4, -0.2) is 30.8 Å². The number of rotatable bonds is 4. The number of nitrogens with zero attached hydrogens (tertiary/aromatic N) is 1. The second-order valence-electron chi connectivity index (χ2n) is 4.98. The molecule has 2 rings (SSSR count). The molecular weight excluding hydrogens is 282 g/mol. The largest absolute Gasteiger partial charge is 0.481 e. The molecule has 0 unspecified atom stereocenters. The number of halogens is 2. The van der Waals surface area contributed by atoms with Crippen LogP contribution in [0.1, 0.15) is 18.4 Å². The van der Waals surface area contributed by atoms with Crippen LogP contribution >= 0.6 is 0 Å². The highest BCUT2D eigenvalue weighted by molar-refractivity contribution is 5.75. The summed E-state index contributed by atoms with van der Waals surface area (Å²) in [7, 11) is 0. The number of carbonyl (C=O) groups is 1. The van der Waals surface area contributed by atoms with Gasteiger partial charge in [0.25, 0.3) is 0 Å². The highest BCUT2D eigenvalue weighted by Gasteiger charge is 2.40. The number of hydrogen-bond donors (Lipinski definition) is 2. The third-order valence-corrected chi connectivity index (χ3v) is 3.68. The first-order valence-electron chi connectivity index (χ1n) is 6.43. The number of ether oxygens (including phenoxy) is 1. The molecule has 0 spiro atoms. The van der Waals surface area contributed by atoms with Crippen LogP contribution < -0.4 is 5.32 Å². The average Bonchev–Trinajstić information content (AvgIpc) is 2.47. The van der Waals surface area contributed by atoms with Crippen molar-refractivity contribution in [1.82, 2.24) is 0 Å². The van der Waals surface area contributed by atoms with Gasteiger partial charge in [-0.05, 0) is 25.0 Å². The van der Waals surface area contributed by atoms with Crippen molar-refractivity contribution in [1.29, 1.82) is 5.26 Å². The Morgan fingerprint density at radius 1 is 1.38 bits per heavy atom. The molecule has 1 aliphatic heterocycles. The zero-order chi connectivity index (χ0) is 15.5. The van der Waals surface area contributed by atoms with Gasteiger partial charge in [0.05, 0.1) is 17.0 Å². The smallest absolute Gasteiger partial charge is 0.311 e. The summed E-state index contributed by atoms with van der Waals surface area (Å²) in [4.78, 5) is 11.4. The molecule has 1 heterocycles. The first-order valence-corrected chi connectivity index (χ1v) is 6.43. The lowest BCUT2D eigenvalue weighted by atomic mass is 9.80. The van der Waals surface area contributed by atoms with Gasteiger partial charge < -0.3 is 15.2 Å². The lowest BCUT2D eigenvalue weighted by molar-refractivity contribution is -0.153. The maximum atomic E-state index is 13.8. The molecule has 1 aliphatic rings. The Morgan fingerprint density at radius 3 is 2.43 bits per heavy atom. The third kappa shape index (κ3) is 3.11. The Kier molecular flexibility index (Phi) is 4.38. The maximum absolute atomic E-state index is 13.8. The van der Waals surface area contributed by atoms with Crippen LogP contribution in [0.3, 0.4) is 0 Å². The van der Waals surface area contributed by atoms with E-state index in [1.807, 2.05) is 0 Å². The number of carboxylic acid groups (broad SMARTS) is 1. The molecule has 0 saturated carbocycles. The number of nitriles is 1. The predicted octanol–water partition coefficient (Wildman–Crippen LogP) is 2.13. The van der Waals surface area contributed by atoms with Crippen molar-refractivity contribution in [2.24, 2.45) is 5.41 Å². The minimum atomic E-state index is -1.11. The van der Waals surface area contributed by atoms with Gasteiger partial charge in [-0.2, -0.15) is 5.26 Å². The minimum Gasteiger partial charge on any atom is -0.481 e. The molecule has 0 aromatic heterocycles. The van der Waals surface area contributed by atoms with Crippen molar-refractivity contribution in [3.05, 3.63) is 29.3 Å². The average molecular weight is 296 g/mol. The van der Waals surface area contributed by atoms with Crippen LogP contribution in [0.5, 0.6) is 0 Å². The monoisotopic (exact) mass is 296 g/mol. The summed E-state index contributed by atoms with van der Waals surface area (Å²) in [6.45, 7) is 0.490. The molecule has 1 aromatic carbocycles. The molecule has 0 bridgehead atoms. The number of nitrogens with one attached hydrogen (secondary N) is 1. The Balaban J connectivity index is 2.19. The van der Waals surface area contributed by atoms with E-state index in [2.05, 4.69) is 5.32 Å². The number of anilines is 1. The normalized spacial score (nSPS) is 17.0. The molecule has 0 aliphatic carbocycles. The van der Waals surface area contributed by atoms with Gasteiger partial charge in [0, 0.05) is 19.8 Å². The number of benzene rings is 1. The summed E-state index contributed by atoms with van der Waals surface area (Å²) in [5.74, 6) is -2.86. The van der Waals surface area contributed by atoms with E-state index in [0.29, 0.717) is 13.2 Å². The molecule has 0 atom stereocenters. The summed E-state index contributed by atoms with van der Waals surface area (Å²) in [6.07, 6.45) is 0.545. The van der Waals surface area contributed by atoms with E-state index in [4.69, 9.17) is 10.00 Å². The molecule has 7 heteroatoms. The van der Waals surface area contributed by atoms with E-state index >= 15 is 0 Å². The minimum absolute atomic E-state index is 0.106. The second kappa shape index (κ2) is 6.06. The molecule has 1 aromatic rings. The van der Waals surface area contributed by atoms with E-state index in [9.17, 15) is 18.7 Å². The van der Waals surface area contributed by atoms with E-state index in [0.717, 1.165) is 12.1 Å². The van der Waals surface area contributed by atoms with Gasteiger partial charge in [-0.3, -0.25) is 4.79 Å². The molecule has 5 nitrogen and oxygen atoms in total. The fourth-order valence-corrected chi connectivity index (χ4v) is 2.29. The Morgan fingerprint density at radius 2 is 1.95 bits per heavy atom. The summed E-state index contributed by atoms with van der Waals surface area (Å²) in [5, 5.41) is 20.5. The van der Waals surface area contributed by atoms with Crippen molar-refractivity contribution in [2.75, 3.05) is 25.1 Å². The zero-order valence-corrected chi connectivity index (χ0v) is 11.2. The molecular formula is C14H14F2N2O3. The first-order chi connectivity index (χ1) is 9.98. The quantitative estimate of drug-likeness (QED) is 0.889. The van der Waals surface area contributed by atoms with Crippen LogP contribution in [0.4, 0.5) is 14.5 Å². The van der Waals surface area contributed by atoms with E-state index < -0.39 is 28.7 Å². The molecule has 112 valence electrons. The van der Waals surface area contributed by atoms with Gasteiger partial charge in [-0.15, -0.1) is 0 Å². The summed E-state index contributed by atoms with van der Waals surface area (Å²) in [5.41, 5.74) is -1.65. The summed E-state index contributed by atoms with van der Waals surface area (Å²) >= 11 is 0. The highest BCUT2D eigenvalue weighted by atomic mass is 19.1. The van der Waals surface area contributed by atoms with Gasteiger partial charge in [0.1, 0.15) is 5.69 Å². The Bertz CT molecular complexity index is 569. The standard InChI is InChI=1S/C14H14F2N2O3/c15-10-5-9(7-17)6-11(16)12(10)18-8-14(13(19)20)1-3-21-4-2-14/h5-6,18H,1-4,8H2,(H,19,20). The molecule has 2 N–H and O–H groups in total. The lowest BCUT2D eigenvalue weighted by Gasteiger charge is -2.33.